The average molecular weight is 364 g/mol. The van der Waals surface area contributed by atoms with Gasteiger partial charge in [-0.3, -0.25) is 9.59 Å². The monoisotopic (exact) mass is 364 g/mol. The molecule has 0 spiro atoms. The Morgan fingerprint density at radius 3 is 2.74 bits per heavy atom. The number of nitrogens with one attached hydrogen (secondary N) is 1. The minimum absolute atomic E-state index is 0.0175. The molecule has 2 amide bonds. The molecular formula is C21H20N2O4. The second-order valence-corrected chi connectivity index (χ2v) is 6.70. The third-order valence-corrected chi connectivity index (χ3v) is 4.64. The van der Waals surface area contributed by atoms with Crippen LogP contribution in [0.2, 0.25) is 0 Å². The van der Waals surface area contributed by atoms with Crippen molar-refractivity contribution >= 4 is 23.6 Å². The Kier molecular flexibility index (Phi) is 4.54. The van der Waals surface area contributed by atoms with Crippen molar-refractivity contribution in [3.05, 3.63) is 59.7 Å². The number of carbonyl (C=O) groups is 2. The van der Waals surface area contributed by atoms with E-state index >= 15 is 0 Å². The highest BCUT2D eigenvalue weighted by atomic mass is 16.7. The zero-order valence-electron chi connectivity index (χ0n) is 15.0. The maximum atomic E-state index is 12.3. The van der Waals surface area contributed by atoms with Gasteiger partial charge >= 0.3 is 0 Å². The van der Waals surface area contributed by atoms with Gasteiger partial charge in [-0.2, -0.15) is 0 Å². The van der Waals surface area contributed by atoms with Gasteiger partial charge in [0.15, 0.2) is 11.5 Å². The summed E-state index contributed by atoms with van der Waals surface area (Å²) in [6.07, 6.45) is 3.49. The summed E-state index contributed by atoms with van der Waals surface area (Å²) in [5.41, 5.74) is 2.85. The van der Waals surface area contributed by atoms with Crippen molar-refractivity contribution < 1.29 is 19.1 Å². The zero-order valence-corrected chi connectivity index (χ0v) is 15.0. The highest BCUT2D eigenvalue weighted by molar-refractivity contribution is 5.98. The Bertz CT molecular complexity index is 905. The van der Waals surface area contributed by atoms with Gasteiger partial charge in [-0.1, -0.05) is 23.8 Å². The first-order chi connectivity index (χ1) is 13.1. The average Bonchev–Trinajstić information content (AvgIpc) is 3.26. The molecule has 0 aromatic heterocycles. The van der Waals surface area contributed by atoms with E-state index in [9.17, 15) is 9.59 Å². The lowest BCUT2D eigenvalue weighted by atomic mass is 10.2. The molecule has 1 N–H and O–H groups in total. The molecule has 0 aliphatic carbocycles. The van der Waals surface area contributed by atoms with Crippen molar-refractivity contribution in [2.24, 2.45) is 0 Å². The maximum Gasteiger partial charge on any atom is 0.244 e. The van der Waals surface area contributed by atoms with Crippen LogP contribution in [0.1, 0.15) is 17.5 Å². The minimum Gasteiger partial charge on any atom is -0.454 e. The number of benzene rings is 2. The second kappa shape index (κ2) is 7.15. The molecule has 6 heteroatoms. The molecule has 2 heterocycles. The number of ether oxygens (including phenoxy) is 2. The van der Waals surface area contributed by atoms with Gasteiger partial charge in [0, 0.05) is 24.7 Å². The van der Waals surface area contributed by atoms with Gasteiger partial charge in [-0.05, 0) is 42.8 Å². The van der Waals surface area contributed by atoms with Gasteiger partial charge in [-0.25, -0.2) is 0 Å². The topological polar surface area (TPSA) is 67.9 Å². The summed E-state index contributed by atoms with van der Waals surface area (Å²) in [5, 5.41) is 2.90. The van der Waals surface area contributed by atoms with Crippen molar-refractivity contribution in [2.75, 3.05) is 18.2 Å². The number of anilines is 1. The lowest BCUT2D eigenvalue weighted by Crippen LogP contribution is -2.36. The molecule has 4 rings (SSSR count). The molecule has 2 aliphatic heterocycles. The van der Waals surface area contributed by atoms with E-state index in [0.29, 0.717) is 24.5 Å². The molecular weight excluding hydrogens is 344 g/mol. The predicted molar refractivity (Wildman–Crippen MR) is 102 cm³/mol. The molecule has 0 bridgehead atoms. The van der Waals surface area contributed by atoms with Crippen molar-refractivity contribution in [1.29, 1.82) is 0 Å². The highest BCUT2D eigenvalue weighted by Crippen LogP contribution is 2.32. The summed E-state index contributed by atoms with van der Waals surface area (Å²) in [5.74, 6) is 1.17. The van der Waals surface area contributed by atoms with E-state index in [1.54, 1.807) is 11.0 Å². The predicted octanol–water partition coefficient (Wildman–Crippen LogP) is 2.66. The van der Waals surface area contributed by atoms with Gasteiger partial charge in [0.05, 0.1) is 6.04 Å². The van der Waals surface area contributed by atoms with Crippen LogP contribution in [0.15, 0.2) is 48.5 Å². The number of hydrogen-bond acceptors (Lipinski definition) is 4. The van der Waals surface area contributed by atoms with E-state index in [0.717, 1.165) is 16.8 Å². The number of carbonyl (C=O) groups excluding carboxylic acids is 2. The first kappa shape index (κ1) is 17.1. The number of rotatable bonds is 4. The Labute approximate surface area is 157 Å². The molecule has 1 saturated heterocycles. The van der Waals surface area contributed by atoms with Crippen LogP contribution in [0.25, 0.3) is 6.08 Å². The van der Waals surface area contributed by atoms with E-state index in [1.807, 2.05) is 49.4 Å². The fraction of sp³-hybridized carbons (Fsp3) is 0.238. The number of amides is 2. The van der Waals surface area contributed by atoms with Crippen LogP contribution < -0.4 is 19.7 Å². The van der Waals surface area contributed by atoms with Crippen molar-refractivity contribution in [3.63, 3.8) is 0 Å². The molecule has 27 heavy (non-hydrogen) atoms. The van der Waals surface area contributed by atoms with E-state index in [-0.39, 0.29) is 24.6 Å². The van der Waals surface area contributed by atoms with Crippen LogP contribution in [0.3, 0.4) is 0 Å². The number of fused-ring (bicyclic) bond motifs is 1. The summed E-state index contributed by atoms with van der Waals surface area (Å²) in [6.45, 7) is 2.70. The van der Waals surface area contributed by atoms with Crippen LogP contribution in [0.4, 0.5) is 5.69 Å². The number of hydrogen-bond donors (Lipinski definition) is 1. The van der Waals surface area contributed by atoms with Gasteiger partial charge < -0.3 is 19.7 Å². The van der Waals surface area contributed by atoms with Crippen molar-refractivity contribution in [3.8, 4) is 11.5 Å². The third kappa shape index (κ3) is 3.79. The first-order valence-corrected chi connectivity index (χ1v) is 8.84. The van der Waals surface area contributed by atoms with Crippen molar-refractivity contribution in [1.82, 2.24) is 5.32 Å². The molecule has 1 fully saturated rings. The first-order valence-electron chi connectivity index (χ1n) is 8.84. The lowest BCUT2D eigenvalue weighted by molar-refractivity contribution is -0.117. The quantitative estimate of drug-likeness (QED) is 0.847. The van der Waals surface area contributed by atoms with Crippen LogP contribution >= 0.6 is 0 Å². The summed E-state index contributed by atoms with van der Waals surface area (Å²) < 4.78 is 10.6. The fourth-order valence-corrected chi connectivity index (χ4v) is 3.22. The zero-order chi connectivity index (χ0) is 18.8. The molecule has 2 aliphatic rings. The van der Waals surface area contributed by atoms with Crippen LogP contribution in [0.5, 0.6) is 11.5 Å². The van der Waals surface area contributed by atoms with Gasteiger partial charge in [0.1, 0.15) is 0 Å². The lowest BCUT2D eigenvalue weighted by Gasteiger charge is -2.17. The number of aryl methyl sites for hydroxylation is 1. The molecule has 2 aromatic rings. The van der Waals surface area contributed by atoms with E-state index in [1.165, 1.54) is 6.08 Å². The van der Waals surface area contributed by atoms with Gasteiger partial charge in [0.25, 0.3) is 0 Å². The van der Waals surface area contributed by atoms with Crippen LogP contribution in [-0.2, 0) is 9.59 Å². The molecule has 0 radical (unpaired) electrons. The Hall–Kier alpha value is -3.28. The smallest absolute Gasteiger partial charge is 0.244 e. The SMILES string of the molecule is Cc1ccc(N2C[C@H](NC(=O)/C=C\c3ccc4c(c3)OCO4)CC2=O)cc1. The molecule has 2 aromatic carbocycles. The maximum absolute atomic E-state index is 12.3. The van der Waals surface area contributed by atoms with E-state index < -0.39 is 0 Å². The Morgan fingerprint density at radius 2 is 1.93 bits per heavy atom. The van der Waals surface area contributed by atoms with Gasteiger partial charge in [-0.15, -0.1) is 0 Å². The Morgan fingerprint density at radius 1 is 1.15 bits per heavy atom. The van der Waals surface area contributed by atoms with E-state index in [2.05, 4.69) is 5.32 Å². The summed E-state index contributed by atoms with van der Waals surface area (Å²) in [7, 11) is 0. The summed E-state index contributed by atoms with van der Waals surface area (Å²) in [4.78, 5) is 26.2. The second-order valence-electron chi connectivity index (χ2n) is 6.70. The summed E-state index contributed by atoms with van der Waals surface area (Å²) >= 11 is 0. The minimum atomic E-state index is -0.226. The van der Waals surface area contributed by atoms with Crippen LogP contribution in [-0.4, -0.2) is 31.2 Å². The third-order valence-electron chi connectivity index (χ3n) is 4.64. The molecule has 6 nitrogen and oxygen atoms in total. The molecule has 0 saturated carbocycles. The summed E-state index contributed by atoms with van der Waals surface area (Å²) in [6, 6.07) is 13.1. The van der Waals surface area contributed by atoms with Crippen molar-refractivity contribution in [2.45, 2.75) is 19.4 Å². The van der Waals surface area contributed by atoms with Gasteiger partial charge in [0.2, 0.25) is 18.6 Å². The normalized spacial score (nSPS) is 18.3. The number of nitrogens with zero attached hydrogens (tertiary/aromatic N) is 1. The molecule has 138 valence electrons. The molecule has 1 atom stereocenters. The molecule has 0 unspecified atom stereocenters. The van der Waals surface area contributed by atoms with Crippen LogP contribution in [0, 0.1) is 6.92 Å². The largest absolute Gasteiger partial charge is 0.454 e. The fourth-order valence-electron chi connectivity index (χ4n) is 3.22. The standard InChI is InChI=1S/C21H20N2O4/c1-14-2-6-17(7-3-14)23-12-16(11-21(23)25)22-20(24)9-5-15-4-8-18-19(10-15)27-13-26-18/h2-10,16H,11-13H2,1H3,(H,22,24)/b9-5-/t16-/m1/s1. The van der Waals surface area contributed by atoms with E-state index in [4.69, 9.17) is 9.47 Å². The highest BCUT2D eigenvalue weighted by Gasteiger charge is 2.31. The Balaban J connectivity index is 1.36.